The van der Waals surface area contributed by atoms with E-state index in [9.17, 15) is 4.57 Å². The van der Waals surface area contributed by atoms with Crippen LogP contribution in [0.4, 0.5) is 0 Å². The van der Waals surface area contributed by atoms with Crippen LogP contribution in [0.25, 0.3) is 0 Å². The highest BCUT2D eigenvalue weighted by Crippen LogP contribution is 2.39. The predicted molar refractivity (Wildman–Crippen MR) is 27.1 cm³/mol. The minimum absolute atomic E-state index is 0.0847. The molecule has 1 unspecified atom stereocenters. The van der Waals surface area contributed by atoms with Crippen LogP contribution in [0.3, 0.4) is 0 Å². The van der Waals surface area contributed by atoms with Crippen LogP contribution in [0.2, 0.25) is 0 Å². The van der Waals surface area contributed by atoms with Gasteiger partial charge in [-0.25, -0.2) is 4.57 Å². The van der Waals surface area contributed by atoms with Gasteiger partial charge in [0.2, 0.25) is 0 Å². The van der Waals surface area contributed by atoms with Gasteiger partial charge in [0.25, 0.3) is 0 Å². The van der Waals surface area contributed by atoms with Crippen molar-refractivity contribution in [3.8, 4) is 5.81 Å². The molecule has 1 atom stereocenters. The van der Waals surface area contributed by atoms with Crippen molar-refractivity contribution in [2.75, 3.05) is 6.61 Å². The summed E-state index contributed by atoms with van der Waals surface area (Å²) in [6.45, 7) is 1.63. The minimum atomic E-state index is -3.87. The summed E-state index contributed by atoms with van der Waals surface area (Å²) < 4.78 is 14.3. The van der Waals surface area contributed by atoms with Gasteiger partial charge in [-0.2, -0.15) is 5.26 Å². The molecule has 0 aromatic heterocycles. The molecule has 0 bridgehead atoms. The normalized spacial score (nSPS) is 16.6. The Morgan fingerprint density at radius 2 is 2.50 bits per heavy atom. The molecule has 5 heteroatoms. The maximum atomic E-state index is 10.2. The fourth-order valence-electron chi connectivity index (χ4n) is 0.204. The lowest BCUT2D eigenvalue weighted by Gasteiger charge is -1.97. The number of rotatable bonds is 2. The maximum Gasteiger partial charge on any atom is 0.428 e. The lowest BCUT2D eigenvalue weighted by atomic mass is 10.9. The van der Waals surface area contributed by atoms with Gasteiger partial charge < -0.3 is 4.89 Å². The summed E-state index contributed by atoms with van der Waals surface area (Å²) in [4.78, 5) is 8.30. The third-order valence-corrected chi connectivity index (χ3v) is 1.29. The largest absolute Gasteiger partial charge is 0.428 e. The highest BCUT2D eigenvalue weighted by Gasteiger charge is 2.15. The highest BCUT2D eigenvalue weighted by molar-refractivity contribution is 7.58. The van der Waals surface area contributed by atoms with Crippen molar-refractivity contribution in [1.82, 2.24) is 0 Å². The van der Waals surface area contributed by atoms with E-state index in [0.29, 0.717) is 0 Å². The van der Waals surface area contributed by atoms with Crippen molar-refractivity contribution in [1.29, 1.82) is 5.26 Å². The van der Waals surface area contributed by atoms with Crippen LogP contribution in [-0.4, -0.2) is 11.5 Å². The Bertz CT molecular complexity index is 149. The van der Waals surface area contributed by atoms with Crippen molar-refractivity contribution in [2.24, 2.45) is 0 Å². The van der Waals surface area contributed by atoms with Crippen molar-refractivity contribution in [2.45, 2.75) is 6.92 Å². The third-order valence-electron chi connectivity index (χ3n) is 0.430. The summed E-state index contributed by atoms with van der Waals surface area (Å²) in [5.41, 5.74) is 0. The van der Waals surface area contributed by atoms with Crippen molar-refractivity contribution < 1.29 is 14.0 Å². The Kier molecular flexibility index (Phi) is 2.70. The molecule has 0 aromatic carbocycles. The minimum Gasteiger partial charge on any atom is -0.314 e. The van der Waals surface area contributed by atoms with Crippen molar-refractivity contribution in [3.63, 3.8) is 0 Å². The fraction of sp³-hybridized carbons (Fsp3) is 0.667. The monoisotopic (exact) mass is 135 g/mol. The van der Waals surface area contributed by atoms with E-state index >= 15 is 0 Å². The zero-order valence-corrected chi connectivity index (χ0v) is 5.26. The van der Waals surface area contributed by atoms with Crippen LogP contribution in [0.5, 0.6) is 0 Å². The predicted octanol–water partition coefficient (Wildman–Crippen LogP) is 0.689. The first-order chi connectivity index (χ1) is 3.62. The topological polar surface area (TPSA) is 70.3 Å². The summed E-state index contributed by atoms with van der Waals surface area (Å²) in [5.74, 6) is 1.13. The summed E-state index contributed by atoms with van der Waals surface area (Å²) in [7, 11) is -3.87. The molecule has 1 N–H and O–H groups in total. The van der Waals surface area contributed by atoms with Crippen LogP contribution in [-0.2, 0) is 9.09 Å². The highest BCUT2D eigenvalue weighted by atomic mass is 31.2. The molecule has 0 aromatic rings. The van der Waals surface area contributed by atoms with Crippen molar-refractivity contribution in [3.05, 3.63) is 0 Å². The van der Waals surface area contributed by atoms with Gasteiger partial charge in [0.1, 0.15) is 0 Å². The lowest BCUT2D eigenvalue weighted by molar-refractivity contribution is 0.284. The molecule has 0 fully saturated rings. The molecule has 8 heavy (non-hydrogen) atoms. The summed E-state index contributed by atoms with van der Waals surface area (Å²) in [6, 6.07) is 0. The van der Waals surface area contributed by atoms with E-state index in [4.69, 9.17) is 10.2 Å². The Labute approximate surface area is 47.2 Å². The van der Waals surface area contributed by atoms with Gasteiger partial charge in [0.05, 0.1) is 6.61 Å². The van der Waals surface area contributed by atoms with Crippen molar-refractivity contribution >= 4 is 7.60 Å². The van der Waals surface area contributed by atoms with E-state index in [1.807, 2.05) is 0 Å². The Hall–Kier alpha value is -0.360. The van der Waals surface area contributed by atoms with E-state index < -0.39 is 7.60 Å². The smallest absolute Gasteiger partial charge is 0.314 e. The van der Waals surface area contributed by atoms with Crippen LogP contribution >= 0.6 is 7.60 Å². The van der Waals surface area contributed by atoms with E-state index in [0.717, 1.165) is 5.81 Å². The molecule has 0 radical (unpaired) electrons. The molecular formula is C3H6NO3P. The molecule has 46 valence electrons. The third kappa shape index (κ3) is 2.75. The van der Waals surface area contributed by atoms with Crippen LogP contribution < -0.4 is 0 Å². The molecular weight excluding hydrogens is 129 g/mol. The lowest BCUT2D eigenvalue weighted by Crippen LogP contribution is -1.83. The fourth-order valence-corrected chi connectivity index (χ4v) is 0.612. The average molecular weight is 135 g/mol. The number of hydrogen-bond acceptors (Lipinski definition) is 3. The van der Waals surface area contributed by atoms with E-state index in [1.54, 1.807) is 6.92 Å². The molecule has 0 aliphatic rings. The van der Waals surface area contributed by atoms with Gasteiger partial charge in [-0.1, -0.05) is 0 Å². The maximum absolute atomic E-state index is 10.2. The SMILES string of the molecule is CCOP(=O)(O)C#N. The van der Waals surface area contributed by atoms with Gasteiger partial charge in [-0.15, -0.1) is 0 Å². The first kappa shape index (κ1) is 7.64. The molecule has 0 heterocycles. The van der Waals surface area contributed by atoms with Gasteiger partial charge in [-0.05, 0) is 6.92 Å². The second-order valence-electron chi connectivity index (χ2n) is 1.04. The van der Waals surface area contributed by atoms with Crippen LogP contribution in [0.15, 0.2) is 0 Å². The van der Waals surface area contributed by atoms with E-state index in [2.05, 4.69) is 4.52 Å². The average Bonchev–Trinajstić information content (AvgIpc) is 1.67. The van der Waals surface area contributed by atoms with Gasteiger partial charge in [-0.3, -0.25) is 4.52 Å². The molecule has 0 amide bonds. The summed E-state index contributed by atoms with van der Waals surface area (Å²) in [5, 5.41) is 7.84. The second-order valence-corrected chi connectivity index (χ2v) is 2.54. The number of nitrogens with zero attached hydrogens (tertiary/aromatic N) is 1. The second kappa shape index (κ2) is 2.83. The molecule has 0 saturated carbocycles. The number of nitriles is 1. The molecule has 0 aliphatic carbocycles. The standard InChI is InChI=1S/C3H6NO3P/c1-2-7-8(5,6)3-4/h2H2,1H3,(H,5,6). The Balaban J connectivity index is 3.79. The van der Waals surface area contributed by atoms with Crippen LogP contribution in [0, 0.1) is 11.1 Å². The van der Waals surface area contributed by atoms with Crippen LogP contribution in [0.1, 0.15) is 6.92 Å². The quantitative estimate of drug-likeness (QED) is 0.565. The summed E-state index contributed by atoms with van der Waals surface area (Å²) in [6.07, 6.45) is 0. The molecule has 0 aliphatic heterocycles. The zero-order valence-electron chi connectivity index (χ0n) is 4.37. The number of hydrogen-bond donors (Lipinski definition) is 1. The molecule has 0 rings (SSSR count). The van der Waals surface area contributed by atoms with E-state index in [1.165, 1.54) is 0 Å². The first-order valence-corrected chi connectivity index (χ1v) is 3.59. The van der Waals surface area contributed by atoms with Gasteiger partial charge in [0.15, 0.2) is 5.81 Å². The Morgan fingerprint density at radius 1 is 2.00 bits per heavy atom. The molecule has 0 saturated heterocycles. The molecule has 0 spiro atoms. The summed E-state index contributed by atoms with van der Waals surface area (Å²) >= 11 is 0. The van der Waals surface area contributed by atoms with Gasteiger partial charge in [0, 0.05) is 0 Å². The Morgan fingerprint density at radius 3 is 2.62 bits per heavy atom. The zero-order chi connectivity index (χ0) is 6.62. The van der Waals surface area contributed by atoms with E-state index in [-0.39, 0.29) is 6.61 Å². The van der Waals surface area contributed by atoms with Gasteiger partial charge >= 0.3 is 7.60 Å². The molecule has 4 nitrogen and oxygen atoms in total. The first-order valence-electron chi connectivity index (χ1n) is 2.01.